The number of fused-ring (bicyclic) bond motifs is 6. The van der Waals surface area contributed by atoms with E-state index in [-0.39, 0.29) is 12.1 Å². The molecular formula is C19H20N3O+. The lowest BCUT2D eigenvalue weighted by atomic mass is 9.84. The number of nitrogens with one attached hydrogen (secondary N) is 2. The topological polar surface area (TPSA) is 36.8 Å². The van der Waals surface area contributed by atoms with E-state index in [2.05, 4.69) is 47.6 Å². The van der Waals surface area contributed by atoms with Crippen molar-refractivity contribution in [2.24, 2.45) is 0 Å². The van der Waals surface area contributed by atoms with Crippen LogP contribution in [-0.4, -0.2) is 31.7 Å². The normalized spacial score (nSPS) is 30.8. The molecule has 116 valence electrons. The van der Waals surface area contributed by atoms with Crippen molar-refractivity contribution in [3.05, 3.63) is 59.7 Å². The molecule has 0 saturated carbocycles. The molecule has 1 amide bonds. The summed E-state index contributed by atoms with van der Waals surface area (Å²) in [6.07, 6.45) is 1.21. The van der Waals surface area contributed by atoms with Crippen LogP contribution in [-0.2, 0) is 0 Å². The third-order valence-electron chi connectivity index (χ3n) is 5.78. The number of piperidine rings is 1. The molecule has 1 saturated heterocycles. The van der Waals surface area contributed by atoms with Crippen molar-refractivity contribution in [1.29, 1.82) is 0 Å². The third-order valence-corrected chi connectivity index (χ3v) is 5.78. The van der Waals surface area contributed by atoms with Gasteiger partial charge < -0.3 is 10.2 Å². The van der Waals surface area contributed by atoms with Gasteiger partial charge in [0, 0.05) is 25.1 Å². The van der Waals surface area contributed by atoms with Crippen molar-refractivity contribution in [2.75, 3.05) is 23.8 Å². The quantitative estimate of drug-likeness (QED) is 0.774. The summed E-state index contributed by atoms with van der Waals surface area (Å²) in [4.78, 5) is 16.4. The Kier molecular flexibility index (Phi) is 2.62. The highest BCUT2D eigenvalue weighted by Crippen LogP contribution is 2.41. The summed E-state index contributed by atoms with van der Waals surface area (Å²) in [6.45, 7) is 0.902. The summed E-state index contributed by atoms with van der Waals surface area (Å²) in [6, 6.07) is 16.9. The highest BCUT2D eigenvalue weighted by atomic mass is 16.2. The standard InChI is InChI=1S/C19H19N3O/c1-21-16-9-5-3-7-14(16)19(23)22-11-10-13-12-6-2-4-8-15(12)20-17(13)18(21)22/h2-9,13,17-18,20H,10-11H2,1H3/p+1/t13-,17-,18?/m0/s1. The van der Waals surface area contributed by atoms with Crippen LogP contribution < -0.4 is 15.1 Å². The Labute approximate surface area is 135 Å². The molecule has 0 radical (unpaired) electrons. The maximum Gasteiger partial charge on any atom is 0.348 e. The van der Waals surface area contributed by atoms with Gasteiger partial charge in [0.15, 0.2) is 6.17 Å². The lowest BCUT2D eigenvalue weighted by molar-refractivity contribution is -0.850. The summed E-state index contributed by atoms with van der Waals surface area (Å²) in [5, 5.41) is 3.70. The van der Waals surface area contributed by atoms with E-state index < -0.39 is 0 Å². The molecule has 0 bridgehead atoms. The van der Waals surface area contributed by atoms with E-state index in [1.54, 1.807) is 0 Å². The Balaban J connectivity index is 1.60. The molecule has 2 unspecified atom stereocenters. The predicted molar refractivity (Wildman–Crippen MR) is 90.0 cm³/mol. The summed E-state index contributed by atoms with van der Waals surface area (Å²) in [5.74, 6) is 0.750. The molecule has 3 heterocycles. The first-order valence-corrected chi connectivity index (χ1v) is 8.33. The monoisotopic (exact) mass is 306 g/mol. The number of hydrogen-bond acceptors (Lipinski definition) is 3. The number of anilines is 2. The minimum atomic E-state index is 0.156. The van der Waals surface area contributed by atoms with Gasteiger partial charge in [-0.05, 0) is 23.8 Å². The Bertz CT molecular complexity index is 803. The number of para-hydroxylation sites is 2. The van der Waals surface area contributed by atoms with Crippen molar-refractivity contribution in [3.8, 4) is 0 Å². The molecule has 4 heteroatoms. The van der Waals surface area contributed by atoms with E-state index in [4.69, 9.17) is 0 Å². The number of carbonyl (C=O) groups excluding carboxylic acids is 1. The van der Waals surface area contributed by atoms with E-state index >= 15 is 0 Å². The number of amides is 1. The smallest absolute Gasteiger partial charge is 0.348 e. The second kappa shape index (κ2) is 4.59. The molecule has 2 aromatic carbocycles. The first-order chi connectivity index (χ1) is 11.3. The van der Waals surface area contributed by atoms with E-state index in [0.29, 0.717) is 12.0 Å². The van der Waals surface area contributed by atoms with Crippen molar-refractivity contribution < 1.29 is 9.69 Å². The van der Waals surface area contributed by atoms with Gasteiger partial charge in [0.25, 0.3) is 0 Å². The SMILES string of the molecule is CN1c2ccccc2C(=O)[NH+]2CC[C@H]3c4ccccc4N[C@@H]3C12. The van der Waals surface area contributed by atoms with Crippen molar-refractivity contribution in [2.45, 2.75) is 24.5 Å². The Hall–Kier alpha value is -2.33. The van der Waals surface area contributed by atoms with E-state index in [0.717, 1.165) is 29.1 Å². The van der Waals surface area contributed by atoms with Crippen LogP contribution in [0.15, 0.2) is 48.5 Å². The number of rotatable bonds is 0. The van der Waals surface area contributed by atoms with Gasteiger partial charge in [-0.15, -0.1) is 0 Å². The molecule has 5 rings (SSSR count). The number of likely N-dealkylation sites (N-methyl/N-ethyl adjacent to an activating group) is 1. The molecule has 2 N–H and O–H groups in total. The second-order valence-electron chi connectivity index (χ2n) is 6.83. The van der Waals surface area contributed by atoms with E-state index in [9.17, 15) is 4.79 Å². The van der Waals surface area contributed by atoms with Gasteiger partial charge in [-0.2, -0.15) is 0 Å². The fraction of sp³-hybridized carbons (Fsp3) is 0.316. The fourth-order valence-electron chi connectivity index (χ4n) is 4.75. The molecule has 0 spiro atoms. The first-order valence-electron chi connectivity index (χ1n) is 8.33. The summed E-state index contributed by atoms with van der Waals surface area (Å²) in [7, 11) is 2.13. The van der Waals surface area contributed by atoms with Crippen LogP contribution in [0.5, 0.6) is 0 Å². The highest BCUT2D eigenvalue weighted by Gasteiger charge is 2.53. The predicted octanol–water partition coefficient (Wildman–Crippen LogP) is 1.47. The van der Waals surface area contributed by atoms with Gasteiger partial charge in [0.2, 0.25) is 0 Å². The zero-order chi connectivity index (χ0) is 15.6. The Morgan fingerprint density at radius 1 is 1.13 bits per heavy atom. The van der Waals surface area contributed by atoms with Gasteiger partial charge in [-0.3, -0.25) is 0 Å². The first kappa shape index (κ1) is 13.1. The van der Waals surface area contributed by atoms with Gasteiger partial charge in [0.1, 0.15) is 11.6 Å². The van der Waals surface area contributed by atoms with Gasteiger partial charge in [0.05, 0.1) is 12.2 Å². The molecule has 4 atom stereocenters. The van der Waals surface area contributed by atoms with Crippen LogP contribution in [0.3, 0.4) is 0 Å². The minimum absolute atomic E-state index is 0.156. The molecule has 2 aromatic rings. The summed E-state index contributed by atoms with van der Waals surface area (Å²) < 4.78 is 0. The number of quaternary nitrogens is 1. The molecule has 0 aliphatic carbocycles. The Morgan fingerprint density at radius 2 is 1.91 bits per heavy atom. The fourth-order valence-corrected chi connectivity index (χ4v) is 4.75. The largest absolute Gasteiger partial charge is 0.374 e. The molecule has 3 aliphatic rings. The molecule has 0 aromatic heterocycles. The Morgan fingerprint density at radius 3 is 2.83 bits per heavy atom. The summed E-state index contributed by atoms with van der Waals surface area (Å²) in [5.41, 5.74) is 4.57. The van der Waals surface area contributed by atoms with Crippen LogP contribution in [0.1, 0.15) is 28.3 Å². The highest BCUT2D eigenvalue weighted by molar-refractivity contribution is 5.96. The number of carbonyl (C=O) groups is 1. The molecule has 1 fully saturated rings. The average molecular weight is 306 g/mol. The van der Waals surface area contributed by atoms with Gasteiger partial charge in [-0.25, -0.2) is 9.69 Å². The van der Waals surface area contributed by atoms with Crippen LogP contribution in [0, 0.1) is 0 Å². The zero-order valence-electron chi connectivity index (χ0n) is 13.1. The number of nitrogens with zero attached hydrogens (tertiary/aromatic N) is 1. The van der Waals surface area contributed by atoms with Crippen LogP contribution >= 0.6 is 0 Å². The lowest BCUT2D eigenvalue weighted by Gasteiger charge is -2.46. The molecule has 4 nitrogen and oxygen atoms in total. The van der Waals surface area contributed by atoms with Crippen LogP contribution in [0.4, 0.5) is 11.4 Å². The number of benzene rings is 2. The second-order valence-corrected chi connectivity index (χ2v) is 6.83. The molecule has 3 aliphatic heterocycles. The molecule has 23 heavy (non-hydrogen) atoms. The molecular weight excluding hydrogens is 286 g/mol. The van der Waals surface area contributed by atoms with E-state index in [1.165, 1.54) is 11.3 Å². The van der Waals surface area contributed by atoms with Crippen molar-refractivity contribution >= 4 is 17.3 Å². The zero-order valence-corrected chi connectivity index (χ0v) is 13.1. The maximum atomic E-state index is 13.0. The van der Waals surface area contributed by atoms with Crippen LogP contribution in [0.25, 0.3) is 0 Å². The third kappa shape index (κ3) is 1.67. The van der Waals surface area contributed by atoms with Gasteiger partial charge >= 0.3 is 5.91 Å². The van der Waals surface area contributed by atoms with Crippen molar-refractivity contribution in [1.82, 2.24) is 0 Å². The summed E-state index contributed by atoms with van der Waals surface area (Å²) >= 11 is 0. The van der Waals surface area contributed by atoms with Crippen molar-refractivity contribution in [3.63, 3.8) is 0 Å². The van der Waals surface area contributed by atoms with Crippen LogP contribution in [0.2, 0.25) is 0 Å². The maximum absolute atomic E-state index is 13.0. The van der Waals surface area contributed by atoms with E-state index in [1.807, 2.05) is 18.2 Å². The van der Waals surface area contributed by atoms with Gasteiger partial charge in [-0.1, -0.05) is 30.3 Å². The number of hydrogen-bond donors (Lipinski definition) is 2. The lowest BCUT2D eigenvalue weighted by Crippen LogP contribution is -3.23. The minimum Gasteiger partial charge on any atom is -0.374 e. The average Bonchev–Trinajstić information content (AvgIpc) is 2.98.